The molecule has 0 saturated carbocycles. The average molecular weight is 168 g/mol. The van der Waals surface area contributed by atoms with Crippen LogP contribution < -0.4 is 0 Å². The maximum absolute atomic E-state index is 10.9. The van der Waals surface area contributed by atoms with Crippen LogP contribution in [0.3, 0.4) is 0 Å². The second-order valence-corrected chi connectivity index (χ2v) is 3.10. The number of aliphatic carboxylic acids is 1. The molecular formula is C9H12O3. The van der Waals surface area contributed by atoms with Gasteiger partial charge in [-0.15, -0.1) is 0 Å². The average Bonchev–Trinajstić information content (AvgIpc) is 2.03. The molecule has 0 amide bonds. The van der Waals surface area contributed by atoms with Crippen LogP contribution in [-0.2, 0) is 9.59 Å². The van der Waals surface area contributed by atoms with Crippen molar-refractivity contribution in [2.24, 2.45) is 5.92 Å². The zero-order valence-electron chi connectivity index (χ0n) is 7.04. The Morgan fingerprint density at radius 2 is 2.25 bits per heavy atom. The van der Waals surface area contributed by atoms with E-state index in [1.807, 2.05) is 0 Å². The van der Waals surface area contributed by atoms with Gasteiger partial charge in [-0.1, -0.05) is 5.57 Å². The van der Waals surface area contributed by atoms with Gasteiger partial charge in [0.05, 0.1) is 5.92 Å². The lowest BCUT2D eigenvalue weighted by Crippen LogP contribution is -2.16. The smallest absolute Gasteiger partial charge is 0.310 e. The fourth-order valence-electron chi connectivity index (χ4n) is 1.32. The molecule has 1 unspecified atom stereocenters. The van der Waals surface area contributed by atoms with Crippen LogP contribution in [0.5, 0.6) is 0 Å². The third-order valence-electron chi connectivity index (χ3n) is 2.16. The Bertz CT molecular complexity index is 240. The van der Waals surface area contributed by atoms with Crippen LogP contribution in [0.2, 0.25) is 0 Å². The first-order valence-electron chi connectivity index (χ1n) is 4.07. The van der Waals surface area contributed by atoms with E-state index in [0.29, 0.717) is 6.42 Å². The molecule has 0 aliphatic heterocycles. The Balaban J connectivity index is 2.73. The maximum atomic E-state index is 10.9. The zero-order valence-corrected chi connectivity index (χ0v) is 7.04. The molecule has 1 atom stereocenters. The van der Waals surface area contributed by atoms with Crippen molar-refractivity contribution in [3.63, 3.8) is 0 Å². The second-order valence-electron chi connectivity index (χ2n) is 3.10. The van der Waals surface area contributed by atoms with Gasteiger partial charge in [-0.2, -0.15) is 0 Å². The molecule has 3 nitrogen and oxygen atoms in total. The second kappa shape index (κ2) is 3.52. The number of hydrogen-bond donors (Lipinski definition) is 1. The molecule has 66 valence electrons. The minimum atomic E-state index is -0.851. The monoisotopic (exact) mass is 168 g/mol. The molecule has 0 radical (unpaired) electrons. The Kier molecular flexibility index (Phi) is 2.63. The first-order valence-corrected chi connectivity index (χ1v) is 4.07. The Labute approximate surface area is 71.1 Å². The third-order valence-corrected chi connectivity index (χ3v) is 2.16. The summed E-state index contributed by atoms with van der Waals surface area (Å²) in [6.07, 6.45) is 3.60. The van der Waals surface area contributed by atoms with Gasteiger partial charge in [-0.25, -0.2) is 0 Å². The van der Waals surface area contributed by atoms with Crippen LogP contribution in [0, 0.1) is 5.92 Å². The minimum absolute atomic E-state index is 0.0596. The predicted molar refractivity (Wildman–Crippen MR) is 43.7 cm³/mol. The van der Waals surface area contributed by atoms with Gasteiger partial charge in [0, 0.05) is 6.42 Å². The minimum Gasteiger partial charge on any atom is -0.481 e. The van der Waals surface area contributed by atoms with Crippen molar-refractivity contribution in [1.82, 2.24) is 0 Å². The maximum Gasteiger partial charge on any atom is 0.310 e. The standard InChI is InChI=1S/C9H12O3/c1-6(9(11)12)7-3-2-4-8(10)5-7/h5-6H,2-4H2,1H3,(H,11,12). The van der Waals surface area contributed by atoms with E-state index in [-0.39, 0.29) is 5.78 Å². The summed E-state index contributed by atoms with van der Waals surface area (Å²) in [5.74, 6) is -1.30. The summed E-state index contributed by atoms with van der Waals surface area (Å²) in [6.45, 7) is 1.62. The van der Waals surface area contributed by atoms with Crippen molar-refractivity contribution in [3.8, 4) is 0 Å². The predicted octanol–water partition coefficient (Wildman–Crippen LogP) is 1.39. The van der Waals surface area contributed by atoms with Gasteiger partial charge in [0.1, 0.15) is 0 Å². The Hall–Kier alpha value is -1.12. The van der Waals surface area contributed by atoms with E-state index in [2.05, 4.69) is 0 Å². The van der Waals surface area contributed by atoms with Gasteiger partial charge < -0.3 is 5.11 Å². The Morgan fingerprint density at radius 3 is 2.75 bits per heavy atom. The molecular weight excluding hydrogens is 156 g/mol. The first-order chi connectivity index (χ1) is 5.61. The number of carbonyl (C=O) groups excluding carboxylic acids is 1. The summed E-state index contributed by atoms with van der Waals surface area (Å²) >= 11 is 0. The SMILES string of the molecule is CC(C(=O)O)C1=CC(=O)CCC1. The summed E-state index contributed by atoms with van der Waals surface area (Å²) in [5, 5.41) is 8.67. The van der Waals surface area contributed by atoms with Crippen molar-refractivity contribution < 1.29 is 14.7 Å². The molecule has 12 heavy (non-hydrogen) atoms. The first kappa shape index (κ1) is 8.97. The van der Waals surface area contributed by atoms with E-state index in [4.69, 9.17) is 5.11 Å². The number of allylic oxidation sites excluding steroid dienone is 1. The van der Waals surface area contributed by atoms with Crippen molar-refractivity contribution in [3.05, 3.63) is 11.6 Å². The van der Waals surface area contributed by atoms with Crippen molar-refractivity contribution >= 4 is 11.8 Å². The van der Waals surface area contributed by atoms with Gasteiger partial charge in [-0.3, -0.25) is 9.59 Å². The fourth-order valence-corrected chi connectivity index (χ4v) is 1.32. The number of carboxylic acids is 1. The summed E-state index contributed by atoms with van der Waals surface area (Å²) in [4.78, 5) is 21.5. The molecule has 1 aliphatic carbocycles. The van der Waals surface area contributed by atoms with Crippen LogP contribution in [0.1, 0.15) is 26.2 Å². The molecule has 0 fully saturated rings. The van der Waals surface area contributed by atoms with Crippen molar-refractivity contribution in [2.75, 3.05) is 0 Å². The molecule has 0 bridgehead atoms. The lowest BCUT2D eigenvalue weighted by Gasteiger charge is -2.14. The fraction of sp³-hybridized carbons (Fsp3) is 0.556. The lowest BCUT2D eigenvalue weighted by atomic mass is 9.90. The molecule has 0 aromatic rings. The third kappa shape index (κ3) is 1.94. The highest BCUT2D eigenvalue weighted by Crippen LogP contribution is 2.22. The van der Waals surface area contributed by atoms with Crippen molar-refractivity contribution in [2.45, 2.75) is 26.2 Å². The quantitative estimate of drug-likeness (QED) is 0.677. The van der Waals surface area contributed by atoms with Crippen LogP contribution in [-0.4, -0.2) is 16.9 Å². The largest absolute Gasteiger partial charge is 0.481 e. The molecule has 3 heteroatoms. The van der Waals surface area contributed by atoms with E-state index in [1.54, 1.807) is 6.92 Å². The molecule has 1 N–H and O–H groups in total. The molecule has 1 rings (SSSR count). The van der Waals surface area contributed by atoms with Crippen LogP contribution in [0.4, 0.5) is 0 Å². The van der Waals surface area contributed by atoms with Gasteiger partial charge >= 0.3 is 5.97 Å². The molecule has 0 aromatic heterocycles. The summed E-state index contributed by atoms with van der Waals surface area (Å²) in [7, 11) is 0. The molecule has 0 saturated heterocycles. The van der Waals surface area contributed by atoms with E-state index >= 15 is 0 Å². The van der Waals surface area contributed by atoms with E-state index in [0.717, 1.165) is 18.4 Å². The van der Waals surface area contributed by atoms with E-state index in [9.17, 15) is 9.59 Å². The van der Waals surface area contributed by atoms with E-state index < -0.39 is 11.9 Å². The number of hydrogen-bond acceptors (Lipinski definition) is 2. The molecule has 0 aromatic carbocycles. The van der Waals surface area contributed by atoms with Crippen LogP contribution in [0.15, 0.2) is 11.6 Å². The summed E-state index contributed by atoms with van der Waals surface area (Å²) < 4.78 is 0. The number of carboxylic acid groups (broad SMARTS) is 1. The van der Waals surface area contributed by atoms with Gasteiger partial charge in [0.2, 0.25) is 0 Å². The summed E-state index contributed by atoms with van der Waals surface area (Å²) in [6, 6.07) is 0. The lowest BCUT2D eigenvalue weighted by molar-refractivity contribution is -0.139. The number of ketones is 1. The van der Waals surface area contributed by atoms with Gasteiger partial charge in [0.15, 0.2) is 5.78 Å². The van der Waals surface area contributed by atoms with Gasteiger partial charge in [0.25, 0.3) is 0 Å². The van der Waals surface area contributed by atoms with Crippen LogP contribution >= 0.6 is 0 Å². The van der Waals surface area contributed by atoms with E-state index in [1.165, 1.54) is 6.08 Å². The van der Waals surface area contributed by atoms with Gasteiger partial charge in [-0.05, 0) is 25.8 Å². The van der Waals surface area contributed by atoms with Crippen molar-refractivity contribution in [1.29, 1.82) is 0 Å². The molecule has 0 heterocycles. The normalized spacial score (nSPS) is 20.1. The molecule has 1 aliphatic rings. The highest BCUT2D eigenvalue weighted by atomic mass is 16.4. The summed E-state index contributed by atoms with van der Waals surface area (Å²) in [5.41, 5.74) is 0.763. The van der Waals surface area contributed by atoms with Crippen LogP contribution in [0.25, 0.3) is 0 Å². The number of carbonyl (C=O) groups is 2. The molecule has 0 spiro atoms. The highest BCUT2D eigenvalue weighted by Gasteiger charge is 2.20. The highest BCUT2D eigenvalue weighted by molar-refractivity contribution is 5.92. The number of rotatable bonds is 2. The zero-order chi connectivity index (χ0) is 9.14. The topological polar surface area (TPSA) is 54.4 Å². The Morgan fingerprint density at radius 1 is 1.58 bits per heavy atom.